The van der Waals surface area contributed by atoms with E-state index < -0.39 is 0 Å². The number of aromatic nitrogens is 2. The number of halogens is 1. The number of rotatable bonds is 5. The summed E-state index contributed by atoms with van der Waals surface area (Å²) in [6.45, 7) is 6.33. The largest absolute Gasteiger partial charge is 0.379 e. The monoisotopic (exact) mass is 406 g/mol. The molecule has 0 spiro atoms. The minimum Gasteiger partial charge on any atom is -0.379 e. The van der Waals surface area contributed by atoms with Crippen molar-refractivity contribution in [3.8, 4) is 0 Å². The van der Waals surface area contributed by atoms with Crippen LogP contribution < -0.4 is 4.90 Å². The molecule has 0 aliphatic carbocycles. The fourth-order valence-corrected chi connectivity index (χ4v) is 4.22. The SMILES string of the molecule is Cc1c(Cl)ccc2sc(N(CCN3CCOCC3)C(=O)c3ccno3)nc12. The molecule has 0 N–H and O–H groups in total. The molecule has 1 saturated heterocycles. The molecule has 27 heavy (non-hydrogen) atoms. The van der Waals surface area contributed by atoms with Crippen LogP contribution in [-0.2, 0) is 4.74 Å². The molecule has 0 atom stereocenters. The first-order valence-corrected chi connectivity index (χ1v) is 9.91. The number of aryl methyl sites for hydroxylation is 1. The van der Waals surface area contributed by atoms with Crippen LogP contribution in [0.3, 0.4) is 0 Å². The summed E-state index contributed by atoms with van der Waals surface area (Å²) in [5.74, 6) is -0.0467. The molecular weight excluding hydrogens is 388 g/mol. The molecule has 3 aromatic rings. The first-order chi connectivity index (χ1) is 13.1. The molecule has 1 aliphatic heterocycles. The highest BCUT2D eigenvalue weighted by atomic mass is 35.5. The van der Waals surface area contributed by atoms with Gasteiger partial charge in [-0.3, -0.25) is 14.6 Å². The molecule has 0 bridgehead atoms. The topological polar surface area (TPSA) is 71.7 Å². The Labute approximate surface area is 165 Å². The van der Waals surface area contributed by atoms with Crippen LogP contribution in [0.2, 0.25) is 5.02 Å². The second kappa shape index (κ2) is 7.93. The Balaban J connectivity index is 1.64. The summed E-state index contributed by atoms with van der Waals surface area (Å²) < 4.78 is 11.5. The molecule has 1 aliphatic rings. The van der Waals surface area contributed by atoms with Crippen LogP contribution >= 0.6 is 22.9 Å². The van der Waals surface area contributed by atoms with Gasteiger partial charge in [-0.15, -0.1) is 0 Å². The highest BCUT2D eigenvalue weighted by Crippen LogP contribution is 2.34. The van der Waals surface area contributed by atoms with E-state index in [1.54, 1.807) is 11.0 Å². The van der Waals surface area contributed by atoms with Gasteiger partial charge in [0, 0.05) is 37.3 Å². The summed E-state index contributed by atoms with van der Waals surface area (Å²) >= 11 is 7.70. The first kappa shape index (κ1) is 18.4. The molecule has 0 unspecified atom stereocenters. The van der Waals surface area contributed by atoms with E-state index in [9.17, 15) is 4.79 Å². The van der Waals surface area contributed by atoms with Crippen molar-refractivity contribution in [3.05, 3.63) is 40.7 Å². The number of carbonyl (C=O) groups excluding carboxylic acids is 1. The minimum atomic E-state index is -0.247. The molecule has 1 aromatic carbocycles. The third-order valence-corrected chi connectivity index (χ3v) is 6.06. The molecule has 3 heterocycles. The van der Waals surface area contributed by atoms with Crippen molar-refractivity contribution in [3.63, 3.8) is 0 Å². The lowest BCUT2D eigenvalue weighted by Gasteiger charge is -2.28. The van der Waals surface area contributed by atoms with E-state index in [0.29, 0.717) is 16.7 Å². The number of anilines is 1. The molecular formula is C18H19ClN4O3S. The second-order valence-electron chi connectivity index (χ2n) is 6.30. The number of hydrogen-bond acceptors (Lipinski definition) is 7. The fraction of sp³-hybridized carbons (Fsp3) is 0.389. The Morgan fingerprint density at radius 1 is 1.33 bits per heavy atom. The van der Waals surface area contributed by atoms with E-state index in [1.807, 2.05) is 19.1 Å². The summed E-state index contributed by atoms with van der Waals surface area (Å²) in [7, 11) is 0. The number of nitrogens with zero attached hydrogens (tertiary/aromatic N) is 4. The second-order valence-corrected chi connectivity index (χ2v) is 7.72. The fourth-order valence-electron chi connectivity index (χ4n) is 3.01. The van der Waals surface area contributed by atoms with Crippen molar-refractivity contribution in [2.45, 2.75) is 6.92 Å². The van der Waals surface area contributed by atoms with Crippen molar-refractivity contribution >= 4 is 44.2 Å². The van der Waals surface area contributed by atoms with E-state index in [4.69, 9.17) is 25.8 Å². The van der Waals surface area contributed by atoms with E-state index in [1.165, 1.54) is 17.5 Å². The van der Waals surface area contributed by atoms with Crippen LogP contribution in [0.1, 0.15) is 16.1 Å². The van der Waals surface area contributed by atoms with Crippen LogP contribution in [0.15, 0.2) is 28.9 Å². The van der Waals surface area contributed by atoms with E-state index in [0.717, 1.165) is 48.6 Å². The van der Waals surface area contributed by atoms with Gasteiger partial charge in [0.05, 0.1) is 29.6 Å². The predicted molar refractivity (Wildman–Crippen MR) is 105 cm³/mol. The lowest BCUT2D eigenvalue weighted by Crippen LogP contribution is -2.43. The van der Waals surface area contributed by atoms with Crippen LogP contribution in [-0.4, -0.2) is 60.3 Å². The smallest absolute Gasteiger partial charge is 0.298 e. The van der Waals surface area contributed by atoms with Gasteiger partial charge in [0.15, 0.2) is 5.13 Å². The third kappa shape index (κ3) is 3.84. The van der Waals surface area contributed by atoms with Gasteiger partial charge < -0.3 is 9.26 Å². The van der Waals surface area contributed by atoms with Gasteiger partial charge in [-0.1, -0.05) is 28.1 Å². The average molecular weight is 407 g/mol. The lowest BCUT2D eigenvalue weighted by atomic mass is 10.2. The lowest BCUT2D eigenvalue weighted by molar-refractivity contribution is 0.0390. The summed E-state index contributed by atoms with van der Waals surface area (Å²) in [5.41, 5.74) is 1.74. The quantitative estimate of drug-likeness (QED) is 0.647. The minimum absolute atomic E-state index is 0.200. The zero-order valence-electron chi connectivity index (χ0n) is 14.9. The molecule has 2 aromatic heterocycles. The maximum absolute atomic E-state index is 13.0. The maximum Gasteiger partial charge on any atom is 0.298 e. The van der Waals surface area contributed by atoms with Crippen molar-refractivity contribution in [1.29, 1.82) is 0 Å². The number of hydrogen-bond donors (Lipinski definition) is 0. The van der Waals surface area contributed by atoms with Crippen molar-refractivity contribution < 1.29 is 14.1 Å². The Kier molecular flexibility index (Phi) is 5.40. The van der Waals surface area contributed by atoms with Gasteiger partial charge in [0.2, 0.25) is 5.76 Å². The normalized spacial score (nSPS) is 15.3. The maximum atomic E-state index is 13.0. The Bertz CT molecular complexity index is 938. The van der Waals surface area contributed by atoms with E-state index in [-0.39, 0.29) is 11.7 Å². The zero-order chi connectivity index (χ0) is 18.8. The highest BCUT2D eigenvalue weighted by Gasteiger charge is 2.25. The number of amides is 1. The molecule has 7 nitrogen and oxygen atoms in total. The number of ether oxygens (including phenoxy) is 1. The van der Waals surface area contributed by atoms with Gasteiger partial charge in [-0.05, 0) is 24.6 Å². The number of fused-ring (bicyclic) bond motifs is 1. The van der Waals surface area contributed by atoms with Crippen LogP contribution in [0.5, 0.6) is 0 Å². The number of carbonyl (C=O) groups is 1. The molecule has 9 heteroatoms. The Morgan fingerprint density at radius 2 is 2.15 bits per heavy atom. The van der Waals surface area contributed by atoms with E-state index >= 15 is 0 Å². The molecule has 0 saturated carbocycles. The predicted octanol–water partition coefficient (Wildman–Crippen LogP) is 3.23. The average Bonchev–Trinajstić information content (AvgIpc) is 3.36. The molecule has 4 rings (SSSR count). The van der Waals surface area contributed by atoms with Gasteiger partial charge in [-0.25, -0.2) is 4.98 Å². The zero-order valence-corrected chi connectivity index (χ0v) is 16.4. The Morgan fingerprint density at radius 3 is 2.89 bits per heavy atom. The summed E-state index contributed by atoms with van der Waals surface area (Å²) in [6.07, 6.45) is 1.47. The van der Waals surface area contributed by atoms with Crippen molar-refractivity contribution in [2.24, 2.45) is 0 Å². The standard InChI is InChI=1S/C18H19ClN4O3S/c1-12-13(19)2-3-15-16(12)21-18(27-15)23(17(24)14-4-5-20-26-14)7-6-22-8-10-25-11-9-22/h2-5H,6-11H2,1H3. The van der Waals surface area contributed by atoms with Gasteiger partial charge in [0.1, 0.15) is 0 Å². The molecule has 0 radical (unpaired) electrons. The summed E-state index contributed by atoms with van der Waals surface area (Å²) in [4.78, 5) is 21.6. The van der Waals surface area contributed by atoms with Gasteiger partial charge in [0.25, 0.3) is 5.91 Å². The van der Waals surface area contributed by atoms with Crippen LogP contribution in [0, 0.1) is 6.92 Å². The highest BCUT2D eigenvalue weighted by molar-refractivity contribution is 7.22. The van der Waals surface area contributed by atoms with Crippen molar-refractivity contribution in [2.75, 3.05) is 44.3 Å². The van der Waals surface area contributed by atoms with Crippen LogP contribution in [0.4, 0.5) is 5.13 Å². The number of thiazole rings is 1. The van der Waals surface area contributed by atoms with E-state index in [2.05, 4.69) is 10.1 Å². The summed E-state index contributed by atoms with van der Waals surface area (Å²) in [6, 6.07) is 5.36. The Hall–Kier alpha value is -2.00. The first-order valence-electron chi connectivity index (χ1n) is 8.72. The van der Waals surface area contributed by atoms with Crippen molar-refractivity contribution in [1.82, 2.24) is 15.0 Å². The van der Waals surface area contributed by atoms with Gasteiger partial charge >= 0.3 is 0 Å². The van der Waals surface area contributed by atoms with Gasteiger partial charge in [-0.2, -0.15) is 0 Å². The summed E-state index contributed by atoms with van der Waals surface area (Å²) in [5, 5.41) is 4.95. The third-order valence-electron chi connectivity index (χ3n) is 4.60. The molecule has 1 fully saturated rings. The number of benzene rings is 1. The molecule has 142 valence electrons. The van der Waals surface area contributed by atoms with Crippen LogP contribution in [0.25, 0.3) is 10.2 Å². The number of morpholine rings is 1. The molecule has 1 amide bonds.